The van der Waals surface area contributed by atoms with E-state index in [-0.39, 0.29) is 17.7 Å². The number of pyridine rings is 1. The van der Waals surface area contributed by atoms with Gasteiger partial charge in [-0.25, -0.2) is 4.98 Å². The quantitative estimate of drug-likeness (QED) is 0.151. The zero-order valence-corrected chi connectivity index (χ0v) is 23.1. The van der Waals surface area contributed by atoms with Gasteiger partial charge in [0.15, 0.2) is 0 Å². The van der Waals surface area contributed by atoms with Gasteiger partial charge in [-0.15, -0.1) is 0 Å². The molecule has 0 fully saturated rings. The van der Waals surface area contributed by atoms with Gasteiger partial charge in [-0.2, -0.15) is 0 Å². The van der Waals surface area contributed by atoms with Crippen LogP contribution in [0.1, 0.15) is 61.0 Å². The Labute approximate surface area is 230 Å². The summed E-state index contributed by atoms with van der Waals surface area (Å²) in [5.74, 6) is 0.443. The number of rotatable bonds is 13. The minimum Gasteiger partial charge on any atom is -0.448 e. The normalized spacial score (nSPS) is 15.4. The number of aromatic nitrogens is 2. The van der Waals surface area contributed by atoms with E-state index in [1.165, 1.54) is 16.8 Å². The van der Waals surface area contributed by atoms with Crippen LogP contribution in [-0.4, -0.2) is 46.6 Å². The highest BCUT2D eigenvalue weighted by molar-refractivity contribution is 6.20. The molecule has 0 saturated carbocycles. The Morgan fingerprint density at radius 3 is 2.62 bits per heavy atom. The maximum atomic E-state index is 12.7. The lowest BCUT2D eigenvalue weighted by molar-refractivity contribution is -0.117. The second-order valence-corrected chi connectivity index (χ2v) is 9.90. The molecule has 4 rings (SSSR count). The Morgan fingerprint density at radius 1 is 1.10 bits per heavy atom. The van der Waals surface area contributed by atoms with Gasteiger partial charge in [-0.05, 0) is 55.9 Å². The van der Waals surface area contributed by atoms with Gasteiger partial charge in [0.1, 0.15) is 6.26 Å². The molecule has 1 aromatic carbocycles. The molecule has 1 amide bonds. The van der Waals surface area contributed by atoms with Crippen molar-refractivity contribution < 1.29 is 9.21 Å². The number of hydrogen-bond acceptors (Lipinski definition) is 8. The van der Waals surface area contributed by atoms with Crippen molar-refractivity contribution in [1.82, 2.24) is 30.8 Å². The van der Waals surface area contributed by atoms with E-state index in [0.29, 0.717) is 30.3 Å². The van der Waals surface area contributed by atoms with Crippen molar-refractivity contribution in [2.24, 2.45) is 0 Å². The van der Waals surface area contributed by atoms with E-state index in [4.69, 9.17) is 14.8 Å². The van der Waals surface area contributed by atoms with Crippen LogP contribution in [0.5, 0.6) is 0 Å². The Morgan fingerprint density at radius 2 is 1.90 bits per heavy atom. The smallest absolute Gasteiger partial charge is 0.255 e. The van der Waals surface area contributed by atoms with Gasteiger partial charge in [0.2, 0.25) is 5.89 Å². The number of fused-ring (bicyclic) bond motifs is 1. The summed E-state index contributed by atoms with van der Waals surface area (Å²) in [6, 6.07) is 12.9. The fraction of sp³-hybridized carbons (Fsp3) is 0.400. The average molecular weight is 530 g/mol. The zero-order chi connectivity index (χ0) is 27.6. The first-order valence-corrected chi connectivity index (χ1v) is 13.5. The molecule has 9 nitrogen and oxygen atoms in total. The number of carbonyl (C=O) groups excluding carboxylic acids is 1. The molecule has 1 aliphatic rings. The van der Waals surface area contributed by atoms with Crippen LogP contribution in [0.4, 0.5) is 0 Å². The van der Waals surface area contributed by atoms with Crippen molar-refractivity contribution in [3.05, 3.63) is 94.6 Å². The molecule has 3 aromatic rings. The third kappa shape index (κ3) is 7.61. The fourth-order valence-corrected chi connectivity index (χ4v) is 5.06. The van der Waals surface area contributed by atoms with Gasteiger partial charge in [0, 0.05) is 50.8 Å². The number of oxazole rings is 1. The summed E-state index contributed by atoms with van der Waals surface area (Å²) in [5, 5.41) is 17.3. The number of nitrogens with one attached hydrogen (secondary N) is 4. The molecule has 1 aliphatic carbocycles. The molecule has 2 aromatic heterocycles. The van der Waals surface area contributed by atoms with Gasteiger partial charge in [-0.3, -0.25) is 14.7 Å². The second kappa shape index (κ2) is 13.8. The van der Waals surface area contributed by atoms with Crippen LogP contribution in [0, 0.1) is 5.41 Å². The molecule has 0 spiro atoms. The summed E-state index contributed by atoms with van der Waals surface area (Å²) >= 11 is 0. The number of hydrogen-bond donors (Lipinski definition) is 4. The van der Waals surface area contributed by atoms with Crippen molar-refractivity contribution in [3.63, 3.8) is 0 Å². The molecule has 39 heavy (non-hydrogen) atoms. The monoisotopic (exact) mass is 529 g/mol. The van der Waals surface area contributed by atoms with Crippen LogP contribution < -0.4 is 16.0 Å². The maximum Gasteiger partial charge on any atom is 0.255 e. The maximum absolute atomic E-state index is 12.7. The number of carbonyl (C=O) groups is 1. The van der Waals surface area contributed by atoms with Crippen LogP contribution in [0.15, 0.2) is 70.7 Å². The second-order valence-electron chi connectivity index (χ2n) is 9.90. The number of nitrogens with zero attached hydrogens (tertiary/aromatic N) is 3. The summed E-state index contributed by atoms with van der Waals surface area (Å²) in [6.07, 6.45) is 8.48. The van der Waals surface area contributed by atoms with Crippen LogP contribution in [0.2, 0.25) is 0 Å². The highest BCUT2D eigenvalue weighted by Gasteiger charge is 2.27. The summed E-state index contributed by atoms with van der Waals surface area (Å²) in [4.78, 5) is 24.1. The number of allylic oxidation sites excluding steroid dienone is 1. The van der Waals surface area contributed by atoms with Gasteiger partial charge in [0.25, 0.3) is 5.91 Å². The molecule has 0 saturated heterocycles. The molecule has 1 unspecified atom stereocenters. The van der Waals surface area contributed by atoms with Gasteiger partial charge >= 0.3 is 0 Å². The van der Waals surface area contributed by atoms with E-state index in [1.807, 2.05) is 12.3 Å². The molecule has 0 aliphatic heterocycles. The van der Waals surface area contributed by atoms with Crippen molar-refractivity contribution in [1.29, 1.82) is 5.41 Å². The van der Waals surface area contributed by atoms with E-state index < -0.39 is 0 Å². The fourth-order valence-electron chi connectivity index (χ4n) is 5.06. The first-order chi connectivity index (χ1) is 19.0. The molecule has 0 bridgehead atoms. The number of benzene rings is 1. The zero-order valence-electron chi connectivity index (χ0n) is 23.1. The Hall–Kier alpha value is -3.82. The lowest BCUT2D eigenvalue weighted by atomic mass is 9.90. The Balaban J connectivity index is 1.41. The van der Waals surface area contributed by atoms with Crippen LogP contribution in [0.3, 0.4) is 0 Å². The van der Waals surface area contributed by atoms with E-state index in [1.54, 1.807) is 33.4 Å². The minimum absolute atomic E-state index is 0.239. The largest absolute Gasteiger partial charge is 0.448 e. The number of aryl methyl sites for hydroxylation is 1. The van der Waals surface area contributed by atoms with Crippen LogP contribution >= 0.6 is 0 Å². The van der Waals surface area contributed by atoms with Gasteiger partial charge < -0.3 is 25.8 Å². The molecule has 2 heterocycles. The van der Waals surface area contributed by atoms with Crippen LogP contribution in [-0.2, 0) is 30.8 Å². The molecular weight excluding hydrogens is 490 g/mol. The Kier molecular flexibility index (Phi) is 9.99. The van der Waals surface area contributed by atoms with Gasteiger partial charge in [0.05, 0.1) is 30.1 Å². The lowest BCUT2D eigenvalue weighted by Gasteiger charge is -2.35. The summed E-state index contributed by atoms with van der Waals surface area (Å²) in [5.41, 5.74) is 6.07. The van der Waals surface area contributed by atoms with E-state index >= 15 is 0 Å². The third-order valence-corrected chi connectivity index (χ3v) is 7.16. The predicted octanol–water partition coefficient (Wildman–Crippen LogP) is 3.89. The van der Waals surface area contributed by atoms with Crippen LogP contribution in [0.25, 0.3) is 0 Å². The lowest BCUT2D eigenvalue weighted by Crippen LogP contribution is -2.36. The highest BCUT2D eigenvalue weighted by Crippen LogP contribution is 2.33. The van der Waals surface area contributed by atoms with Crippen molar-refractivity contribution in [2.75, 3.05) is 20.1 Å². The summed E-state index contributed by atoms with van der Waals surface area (Å²) in [6.45, 7) is 6.90. The number of amides is 1. The first-order valence-electron chi connectivity index (χ1n) is 13.5. The third-order valence-electron chi connectivity index (χ3n) is 7.16. The van der Waals surface area contributed by atoms with E-state index in [9.17, 15) is 4.79 Å². The molecular formula is C30H39N7O2. The van der Waals surface area contributed by atoms with E-state index in [2.05, 4.69) is 56.2 Å². The average Bonchev–Trinajstić information content (AvgIpc) is 3.47. The SMILES string of the molecule is CN/C(C)=C(\C(C)=N)C(=O)NCc1ccc(CN(CCNCc2ncco2)C2CCCc3cccnc32)cc1. The van der Waals surface area contributed by atoms with Crippen molar-refractivity contribution >= 4 is 11.6 Å². The van der Waals surface area contributed by atoms with Gasteiger partial charge in [-0.1, -0.05) is 30.3 Å². The molecule has 1 atom stereocenters. The van der Waals surface area contributed by atoms with Crippen molar-refractivity contribution in [2.45, 2.75) is 58.8 Å². The van der Waals surface area contributed by atoms with E-state index in [0.717, 1.165) is 44.5 Å². The molecule has 9 heteroatoms. The molecule has 0 radical (unpaired) electrons. The van der Waals surface area contributed by atoms with Crippen molar-refractivity contribution in [3.8, 4) is 0 Å². The highest BCUT2D eigenvalue weighted by atomic mass is 16.3. The standard InChI is InChI=1S/C30H39N7O2/c1-21(31)28(22(2)32-3)30(38)36-18-23-9-11-24(12-10-23)20-37(16-14-33-19-27-34-15-17-39-27)26-8-4-6-25-7-5-13-35-29(25)26/h5,7,9-13,15,17,26,31-33H,4,6,8,14,16,18-20H2,1-3H3,(H,36,38)/b28-22+,31-21?. The molecule has 206 valence electrons. The summed E-state index contributed by atoms with van der Waals surface area (Å²) in [7, 11) is 1.75. The molecule has 4 N–H and O–H groups in total. The first kappa shape index (κ1) is 28.2. The Bertz CT molecular complexity index is 1270. The predicted molar refractivity (Wildman–Crippen MR) is 152 cm³/mol. The minimum atomic E-state index is -0.245. The summed E-state index contributed by atoms with van der Waals surface area (Å²) < 4.78 is 5.35. The topological polar surface area (TPSA) is 119 Å².